The predicted octanol–water partition coefficient (Wildman–Crippen LogP) is 5.01. The highest BCUT2D eigenvalue weighted by Gasteiger charge is 2.26. The molecular formula is C32H35N2O3+. The molecule has 1 heterocycles. The average molecular weight is 496 g/mol. The normalized spacial score (nSPS) is 13.5. The van der Waals surface area contributed by atoms with E-state index in [2.05, 4.69) is 65.2 Å². The number of hydrogen-bond donors (Lipinski definition) is 1. The molecule has 0 fully saturated rings. The zero-order chi connectivity index (χ0) is 25.6. The number of hydrogen-bond acceptors (Lipinski definition) is 3. The lowest BCUT2D eigenvalue weighted by molar-refractivity contribution is -0.928. The molecule has 0 atom stereocenters. The largest absolute Gasteiger partial charge is 0.462 e. The molecule has 4 aromatic rings. The lowest BCUT2D eigenvalue weighted by Gasteiger charge is -2.21. The van der Waals surface area contributed by atoms with E-state index < -0.39 is 0 Å². The summed E-state index contributed by atoms with van der Waals surface area (Å²) >= 11 is 0. The molecule has 0 unspecified atom stereocenters. The Morgan fingerprint density at radius 1 is 0.892 bits per heavy atom. The molecule has 5 rings (SSSR count). The number of aromatic nitrogens is 1. The van der Waals surface area contributed by atoms with Gasteiger partial charge in [0.25, 0.3) is 0 Å². The monoisotopic (exact) mass is 495 g/mol. The number of benzene rings is 3. The molecular weight excluding hydrogens is 460 g/mol. The van der Waals surface area contributed by atoms with Gasteiger partial charge in [-0.3, -0.25) is 4.79 Å². The van der Waals surface area contributed by atoms with Crippen molar-refractivity contribution in [1.82, 2.24) is 4.57 Å². The van der Waals surface area contributed by atoms with Crippen molar-refractivity contribution in [3.8, 4) is 0 Å². The number of fused-ring (bicyclic) bond motifs is 3. The quantitative estimate of drug-likeness (QED) is 0.262. The maximum absolute atomic E-state index is 13.3. The van der Waals surface area contributed by atoms with Gasteiger partial charge in [-0.2, -0.15) is 0 Å². The summed E-state index contributed by atoms with van der Waals surface area (Å²) in [5.41, 5.74) is 6.13. The first-order valence-electron chi connectivity index (χ1n) is 13.4. The minimum Gasteiger partial charge on any atom is -0.462 e. The van der Waals surface area contributed by atoms with E-state index in [1.807, 2.05) is 25.1 Å². The van der Waals surface area contributed by atoms with Gasteiger partial charge in [-0.1, -0.05) is 60.7 Å². The van der Waals surface area contributed by atoms with E-state index in [-0.39, 0.29) is 11.8 Å². The van der Waals surface area contributed by atoms with Gasteiger partial charge in [-0.25, -0.2) is 4.79 Å². The Morgan fingerprint density at radius 2 is 1.54 bits per heavy atom. The Balaban J connectivity index is 1.49. The number of rotatable bonds is 9. The predicted molar refractivity (Wildman–Crippen MR) is 146 cm³/mol. The van der Waals surface area contributed by atoms with Crippen LogP contribution in [0.4, 0.5) is 0 Å². The van der Waals surface area contributed by atoms with Crippen molar-refractivity contribution in [2.24, 2.45) is 0 Å². The zero-order valence-corrected chi connectivity index (χ0v) is 21.5. The van der Waals surface area contributed by atoms with Crippen molar-refractivity contribution in [2.75, 3.05) is 13.2 Å². The number of ether oxygens (including phenoxy) is 1. The second-order valence-corrected chi connectivity index (χ2v) is 9.89. The lowest BCUT2D eigenvalue weighted by Crippen LogP contribution is -3.09. The fraction of sp³-hybridized carbons (Fsp3) is 0.312. The molecule has 0 bridgehead atoms. The number of nitrogens with one attached hydrogen (secondary N) is 1. The number of quaternary nitrogens is 1. The summed E-state index contributed by atoms with van der Waals surface area (Å²) in [6, 6.07) is 27.0. The van der Waals surface area contributed by atoms with Crippen molar-refractivity contribution < 1.29 is 19.2 Å². The van der Waals surface area contributed by atoms with Crippen LogP contribution in [0.1, 0.15) is 63.7 Å². The van der Waals surface area contributed by atoms with E-state index in [1.54, 1.807) is 0 Å². The van der Waals surface area contributed by atoms with Crippen molar-refractivity contribution in [1.29, 1.82) is 0 Å². The fourth-order valence-corrected chi connectivity index (χ4v) is 5.55. The van der Waals surface area contributed by atoms with Crippen LogP contribution >= 0.6 is 0 Å². The number of carbonyl (C=O) groups excluding carboxylic acids is 2. The second kappa shape index (κ2) is 11.6. The van der Waals surface area contributed by atoms with Gasteiger partial charge >= 0.3 is 5.97 Å². The Morgan fingerprint density at radius 3 is 2.19 bits per heavy atom. The minimum atomic E-state index is -0.313. The maximum Gasteiger partial charge on any atom is 0.338 e. The number of ketones is 1. The summed E-state index contributed by atoms with van der Waals surface area (Å²) in [6.07, 6.45) is 3.34. The van der Waals surface area contributed by atoms with Gasteiger partial charge < -0.3 is 14.2 Å². The van der Waals surface area contributed by atoms with Crippen LogP contribution in [0, 0.1) is 0 Å². The molecule has 1 aromatic heterocycles. The van der Waals surface area contributed by atoms with Crippen LogP contribution in [-0.2, 0) is 30.8 Å². The molecule has 3 aromatic carbocycles. The van der Waals surface area contributed by atoms with Gasteiger partial charge in [0, 0.05) is 28.5 Å². The van der Waals surface area contributed by atoms with Crippen molar-refractivity contribution in [2.45, 2.75) is 52.2 Å². The van der Waals surface area contributed by atoms with Crippen LogP contribution in [-0.4, -0.2) is 29.5 Å². The molecule has 1 aliphatic carbocycles. The molecule has 0 radical (unpaired) electrons. The Labute approximate surface area is 218 Å². The van der Waals surface area contributed by atoms with Crippen molar-refractivity contribution >= 4 is 22.7 Å². The molecule has 0 amide bonds. The third-order valence-electron chi connectivity index (χ3n) is 7.31. The van der Waals surface area contributed by atoms with Gasteiger partial charge in [0.15, 0.2) is 5.78 Å². The summed E-state index contributed by atoms with van der Waals surface area (Å²) in [6.45, 7) is 5.61. The lowest BCUT2D eigenvalue weighted by atomic mass is 10.0. The molecule has 0 saturated heterocycles. The van der Waals surface area contributed by atoms with Gasteiger partial charge in [0.2, 0.25) is 0 Å². The van der Waals surface area contributed by atoms with Crippen LogP contribution in [0.15, 0.2) is 78.9 Å². The van der Waals surface area contributed by atoms with Crippen molar-refractivity contribution in [3.63, 3.8) is 0 Å². The Bertz CT molecular complexity index is 1330. The standard InChI is InChI=1S/C32H34N2O3/c1-2-37-32(36)26-17-18-29-28(21-26)27-15-9-10-16-30(35)31(27)34(29)20-19-33(22-24-11-5-3-6-12-24)23-25-13-7-4-8-14-25/h3-8,11-14,17-18,21H,2,9-10,15-16,19-20,22-23H2,1H3/p+1. The third kappa shape index (κ3) is 5.67. The Hall–Kier alpha value is -3.70. The molecule has 0 spiro atoms. The van der Waals surface area contributed by atoms with E-state index in [4.69, 9.17) is 4.74 Å². The van der Waals surface area contributed by atoms with E-state index in [0.717, 1.165) is 67.6 Å². The number of esters is 1. The van der Waals surface area contributed by atoms with E-state index in [9.17, 15) is 9.59 Å². The fourth-order valence-electron chi connectivity index (χ4n) is 5.55. The minimum absolute atomic E-state index is 0.217. The molecule has 1 N–H and O–H groups in total. The number of carbonyl (C=O) groups is 2. The highest BCUT2D eigenvalue weighted by atomic mass is 16.5. The molecule has 190 valence electrons. The first-order valence-corrected chi connectivity index (χ1v) is 13.4. The number of nitrogens with zero attached hydrogens (tertiary/aromatic N) is 1. The summed E-state index contributed by atoms with van der Waals surface area (Å²) in [4.78, 5) is 27.2. The van der Waals surface area contributed by atoms with Gasteiger partial charge in [-0.05, 0) is 49.9 Å². The smallest absolute Gasteiger partial charge is 0.338 e. The zero-order valence-electron chi connectivity index (χ0n) is 21.5. The third-order valence-corrected chi connectivity index (χ3v) is 7.31. The summed E-state index contributed by atoms with van der Waals surface area (Å²) in [5.74, 6) is -0.0961. The topological polar surface area (TPSA) is 52.7 Å². The number of aryl methyl sites for hydroxylation is 1. The highest BCUT2D eigenvalue weighted by Crippen LogP contribution is 2.32. The first kappa shape index (κ1) is 25.0. The van der Waals surface area contributed by atoms with Gasteiger partial charge in [-0.15, -0.1) is 0 Å². The average Bonchev–Trinajstić information content (AvgIpc) is 3.10. The van der Waals surface area contributed by atoms with Crippen LogP contribution in [0.5, 0.6) is 0 Å². The molecule has 0 saturated carbocycles. The molecule has 0 aliphatic heterocycles. The van der Waals surface area contributed by atoms with Gasteiger partial charge in [0.1, 0.15) is 13.1 Å². The molecule has 37 heavy (non-hydrogen) atoms. The van der Waals surface area contributed by atoms with Crippen LogP contribution in [0.25, 0.3) is 10.9 Å². The van der Waals surface area contributed by atoms with E-state index in [1.165, 1.54) is 16.0 Å². The van der Waals surface area contributed by atoms with Crippen LogP contribution in [0.3, 0.4) is 0 Å². The molecule has 5 nitrogen and oxygen atoms in total. The summed E-state index contributed by atoms with van der Waals surface area (Å²) in [5, 5.41) is 1.02. The van der Waals surface area contributed by atoms with Crippen LogP contribution < -0.4 is 4.90 Å². The van der Waals surface area contributed by atoms with Gasteiger partial charge in [0.05, 0.1) is 31.0 Å². The second-order valence-electron chi connectivity index (χ2n) is 9.89. The SMILES string of the molecule is CCOC(=O)c1ccc2c(c1)c1c(n2CC[NH+](Cc2ccccc2)Cc2ccccc2)C(=O)CCCC1. The first-order chi connectivity index (χ1) is 18.1. The van der Waals surface area contributed by atoms with E-state index in [0.29, 0.717) is 18.6 Å². The Kier molecular flexibility index (Phi) is 7.81. The summed E-state index contributed by atoms with van der Waals surface area (Å²) in [7, 11) is 0. The molecule has 5 heteroatoms. The summed E-state index contributed by atoms with van der Waals surface area (Å²) < 4.78 is 7.48. The maximum atomic E-state index is 13.3. The van der Waals surface area contributed by atoms with Crippen LogP contribution in [0.2, 0.25) is 0 Å². The van der Waals surface area contributed by atoms with E-state index >= 15 is 0 Å². The highest BCUT2D eigenvalue weighted by molar-refractivity contribution is 6.05. The molecule has 1 aliphatic rings. The number of Topliss-reactive ketones (excluding diaryl/α,β-unsaturated/α-hetero) is 1. The van der Waals surface area contributed by atoms with Crippen molar-refractivity contribution in [3.05, 3.63) is 107 Å².